The Morgan fingerprint density at radius 3 is 1.81 bits per heavy atom. The summed E-state index contributed by atoms with van der Waals surface area (Å²) >= 11 is 0. The van der Waals surface area contributed by atoms with E-state index >= 15 is 0 Å². The number of rotatable bonds is 4. The summed E-state index contributed by atoms with van der Waals surface area (Å²) in [5.74, 6) is 0.156. The summed E-state index contributed by atoms with van der Waals surface area (Å²) in [6.07, 6.45) is 0. The Balaban J connectivity index is 1.69. The van der Waals surface area contributed by atoms with E-state index in [0.29, 0.717) is 0 Å². The molecule has 3 aromatic rings. The fourth-order valence-corrected chi connectivity index (χ4v) is 4.04. The van der Waals surface area contributed by atoms with E-state index in [4.69, 9.17) is 0 Å². The molecule has 0 aliphatic heterocycles. The van der Waals surface area contributed by atoms with Crippen LogP contribution in [0.4, 0.5) is 0 Å². The third-order valence-electron chi connectivity index (χ3n) is 5.23. The Kier molecular flexibility index (Phi) is 4.34. The lowest BCUT2D eigenvalue weighted by atomic mass is 9.87. The lowest BCUT2D eigenvalue weighted by molar-refractivity contribution is -0.124. The van der Waals surface area contributed by atoms with Gasteiger partial charge in [0.25, 0.3) is 0 Å². The summed E-state index contributed by atoms with van der Waals surface area (Å²) in [6.45, 7) is 4.21. The molecule has 1 aliphatic carbocycles. The van der Waals surface area contributed by atoms with Crippen molar-refractivity contribution in [2.45, 2.75) is 25.8 Å². The first-order chi connectivity index (χ1) is 12.7. The summed E-state index contributed by atoms with van der Waals surface area (Å²) in [5, 5.41) is 3.33. The maximum absolute atomic E-state index is 13.2. The van der Waals surface area contributed by atoms with Crippen LogP contribution in [-0.4, -0.2) is 5.91 Å². The topological polar surface area (TPSA) is 29.1 Å². The standard InChI is InChI=1S/C24H23NO/c1-16(2)22(17-10-4-3-5-11-17)24(26)25-23-20-14-8-6-12-18(20)19-13-7-9-15-21(19)23/h3-16,22-23H,1-2H3,(H,25,26)/t22-/m1/s1. The van der Waals surface area contributed by atoms with E-state index in [1.807, 2.05) is 42.5 Å². The van der Waals surface area contributed by atoms with Gasteiger partial charge in [-0.25, -0.2) is 0 Å². The molecule has 1 aliphatic rings. The number of hydrogen-bond donors (Lipinski definition) is 1. The molecule has 4 rings (SSSR count). The number of nitrogens with one attached hydrogen (secondary N) is 1. The molecule has 1 amide bonds. The van der Waals surface area contributed by atoms with Crippen molar-refractivity contribution in [3.63, 3.8) is 0 Å². The van der Waals surface area contributed by atoms with Gasteiger partial charge in [-0.2, -0.15) is 0 Å². The van der Waals surface area contributed by atoms with Crippen molar-refractivity contribution >= 4 is 5.91 Å². The Morgan fingerprint density at radius 1 is 0.769 bits per heavy atom. The zero-order valence-electron chi connectivity index (χ0n) is 15.1. The van der Waals surface area contributed by atoms with Crippen molar-refractivity contribution in [2.24, 2.45) is 5.92 Å². The molecule has 0 aromatic heterocycles. The smallest absolute Gasteiger partial charge is 0.228 e. The van der Waals surface area contributed by atoms with Gasteiger partial charge in [0.2, 0.25) is 5.91 Å². The fraction of sp³-hybridized carbons (Fsp3) is 0.208. The van der Waals surface area contributed by atoms with E-state index in [-0.39, 0.29) is 23.8 Å². The van der Waals surface area contributed by atoms with E-state index < -0.39 is 0 Å². The fourth-order valence-electron chi connectivity index (χ4n) is 4.04. The van der Waals surface area contributed by atoms with Gasteiger partial charge in [-0.1, -0.05) is 92.7 Å². The molecule has 3 aromatic carbocycles. The van der Waals surface area contributed by atoms with Crippen LogP contribution in [0.5, 0.6) is 0 Å². The first-order valence-electron chi connectivity index (χ1n) is 9.20. The molecule has 1 atom stereocenters. The SMILES string of the molecule is CC(C)[C@@H](C(=O)NC1c2ccccc2-c2ccccc21)c1ccccc1. The Bertz CT molecular complexity index is 884. The Hall–Kier alpha value is -2.87. The number of fused-ring (bicyclic) bond motifs is 3. The average molecular weight is 341 g/mol. The molecule has 2 nitrogen and oxygen atoms in total. The van der Waals surface area contributed by atoms with E-state index in [0.717, 1.165) is 5.56 Å². The van der Waals surface area contributed by atoms with Gasteiger partial charge in [-0.05, 0) is 33.7 Å². The molecule has 0 saturated carbocycles. The molecule has 0 unspecified atom stereocenters. The second kappa shape index (κ2) is 6.80. The van der Waals surface area contributed by atoms with Crippen molar-refractivity contribution in [1.82, 2.24) is 5.32 Å². The highest BCUT2D eigenvalue weighted by Gasteiger charge is 2.32. The van der Waals surface area contributed by atoms with Crippen LogP contribution in [0.25, 0.3) is 11.1 Å². The lowest BCUT2D eigenvalue weighted by Crippen LogP contribution is -2.34. The van der Waals surface area contributed by atoms with Crippen LogP contribution in [0, 0.1) is 5.92 Å². The van der Waals surface area contributed by atoms with Crippen LogP contribution in [-0.2, 0) is 4.79 Å². The van der Waals surface area contributed by atoms with Crippen molar-refractivity contribution in [3.05, 3.63) is 95.6 Å². The maximum atomic E-state index is 13.2. The van der Waals surface area contributed by atoms with E-state index in [1.165, 1.54) is 22.3 Å². The predicted molar refractivity (Wildman–Crippen MR) is 106 cm³/mol. The zero-order chi connectivity index (χ0) is 18.1. The Labute approximate surface area is 154 Å². The molecular weight excluding hydrogens is 318 g/mol. The van der Waals surface area contributed by atoms with Crippen LogP contribution in [0.1, 0.15) is 42.5 Å². The van der Waals surface area contributed by atoms with Crippen LogP contribution >= 0.6 is 0 Å². The number of benzene rings is 3. The van der Waals surface area contributed by atoms with Crippen LogP contribution in [0.3, 0.4) is 0 Å². The molecule has 0 fully saturated rings. The van der Waals surface area contributed by atoms with Gasteiger partial charge in [0.15, 0.2) is 0 Å². The maximum Gasteiger partial charge on any atom is 0.228 e. The second-order valence-electron chi connectivity index (χ2n) is 7.25. The summed E-state index contributed by atoms with van der Waals surface area (Å²) in [4.78, 5) is 13.2. The molecule has 2 heteroatoms. The van der Waals surface area contributed by atoms with Gasteiger partial charge in [0.05, 0.1) is 12.0 Å². The molecule has 26 heavy (non-hydrogen) atoms. The summed E-state index contributed by atoms with van der Waals surface area (Å²) in [5.41, 5.74) is 5.86. The van der Waals surface area contributed by atoms with E-state index in [1.54, 1.807) is 0 Å². The van der Waals surface area contributed by atoms with Crippen LogP contribution < -0.4 is 5.32 Å². The highest BCUT2D eigenvalue weighted by atomic mass is 16.2. The van der Waals surface area contributed by atoms with Gasteiger partial charge < -0.3 is 5.32 Å². The molecule has 0 bridgehead atoms. The van der Waals surface area contributed by atoms with Crippen molar-refractivity contribution in [3.8, 4) is 11.1 Å². The van der Waals surface area contributed by atoms with Crippen molar-refractivity contribution < 1.29 is 4.79 Å². The van der Waals surface area contributed by atoms with Gasteiger partial charge in [0, 0.05) is 0 Å². The normalized spacial score (nSPS) is 14.0. The molecule has 0 heterocycles. The first kappa shape index (κ1) is 16.6. The molecule has 130 valence electrons. The monoisotopic (exact) mass is 341 g/mol. The lowest BCUT2D eigenvalue weighted by Gasteiger charge is -2.24. The number of hydrogen-bond acceptors (Lipinski definition) is 1. The van der Waals surface area contributed by atoms with Crippen LogP contribution in [0.15, 0.2) is 78.9 Å². The molecule has 0 saturated heterocycles. The number of amides is 1. The molecular formula is C24H23NO. The first-order valence-corrected chi connectivity index (χ1v) is 9.20. The molecule has 0 radical (unpaired) electrons. The van der Waals surface area contributed by atoms with Crippen molar-refractivity contribution in [1.29, 1.82) is 0 Å². The van der Waals surface area contributed by atoms with E-state index in [9.17, 15) is 4.79 Å². The predicted octanol–water partition coefficient (Wildman–Crippen LogP) is 5.31. The van der Waals surface area contributed by atoms with Crippen LogP contribution in [0.2, 0.25) is 0 Å². The van der Waals surface area contributed by atoms with Gasteiger partial charge in [-0.3, -0.25) is 4.79 Å². The minimum absolute atomic E-state index is 0.0835. The van der Waals surface area contributed by atoms with E-state index in [2.05, 4.69) is 55.6 Å². The van der Waals surface area contributed by atoms with Gasteiger partial charge in [0.1, 0.15) is 0 Å². The summed E-state index contributed by atoms with van der Waals surface area (Å²) in [7, 11) is 0. The highest BCUT2D eigenvalue weighted by molar-refractivity contribution is 5.87. The molecule has 1 N–H and O–H groups in total. The number of carbonyl (C=O) groups is 1. The largest absolute Gasteiger partial charge is 0.345 e. The average Bonchev–Trinajstić information content (AvgIpc) is 2.97. The third-order valence-corrected chi connectivity index (χ3v) is 5.23. The van der Waals surface area contributed by atoms with Crippen molar-refractivity contribution in [2.75, 3.05) is 0 Å². The molecule has 0 spiro atoms. The zero-order valence-corrected chi connectivity index (χ0v) is 15.1. The minimum Gasteiger partial charge on any atom is -0.345 e. The quantitative estimate of drug-likeness (QED) is 0.684. The van der Waals surface area contributed by atoms with Gasteiger partial charge >= 0.3 is 0 Å². The van der Waals surface area contributed by atoms with Gasteiger partial charge in [-0.15, -0.1) is 0 Å². The summed E-state index contributed by atoms with van der Waals surface area (Å²) in [6, 6.07) is 26.7. The number of carbonyl (C=O) groups excluding carboxylic acids is 1. The third kappa shape index (κ3) is 2.82. The minimum atomic E-state index is -0.156. The Morgan fingerprint density at radius 2 is 1.27 bits per heavy atom. The highest BCUT2D eigenvalue weighted by Crippen LogP contribution is 2.43. The second-order valence-corrected chi connectivity index (χ2v) is 7.25. The summed E-state index contributed by atoms with van der Waals surface area (Å²) < 4.78 is 0.